The predicted molar refractivity (Wildman–Crippen MR) is 203 cm³/mol. The molecule has 2 aromatic carbocycles. The van der Waals surface area contributed by atoms with Gasteiger partial charge in [0.25, 0.3) is 11.8 Å². The number of likely N-dealkylation sites (tertiary alicyclic amines) is 1. The van der Waals surface area contributed by atoms with Gasteiger partial charge < -0.3 is 30.7 Å². The zero-order valence-electron chi connectivity index (χ0n) is 31.1. The number of carbonyl (C=O) groups excluding carboxylic acids is 4. The second-order valence-corrected chi connectivity index (χ2v) is 15.1. The molecular weight excluding hydrogens is 736 g/mol. The van der Waals surface area contributed by atoms with Crippen molar-refractivity contribution in [1.29, 1.82) is 5.41 Å². The zero-order valence-corrected chi connectivity index (χ0v) is 31.9. The molecule has 0 spiro atoms. The monoisotopic (exact) mass is 783 g/mol. The van der Waals surface area contributed by atoms with Crippen molar-refractivity contribution >= 4 is 40.9 Å². The topological polar surface area (TPSA) is 164 Å². The molecule has 3 aromatic rings. The highest BCUT2D eigenvalue weighted by Crippen LogP contribution is 2.51. The van der Waals surface area contributed by atoms with Crippen LogP contribution in [-0.4, -0.2) is 79.6 Å². The van der Waals surface area contributed by atoms with Crippen LogP contribution in [0, 0.1) is 5.41 Å². The first kappa shape index (κ1) is 41.4. The molecule has 0 saturated carbocycles. The molecule has 2 heterocycles. The summed E-state index contributed by atoms with van der Waals surface area (Å²) < 4.78 is 56.8. The van der Waals surface area contributed by atoms with Gasteiger partial charge in [-0.15, -0.1) is 11.3 Å². The van der Waals surface area contributed by atoms with Gasteiger partial charge in [-0.05, 0) is 49.1 Å². The number of ether oxygens (including phenoxy) is 2. The minimum absolute atomic E-state index is 0.0660. The van der Waals surface area contributed by atoms with Crippen molar-refractivity contribution in [3.8, 4) is 11.1 Å². The number of rotatable bonds is 19. The maximum absolute atomic E-state index is 16.4. The van der Waals surface area contributed by atoms with Crippen LogP contribution in [0.25, 0.3) is 11.1 Å². The van der Waals surface area contributed by atoms with E-state index in [4.69, 9.17) is 15.9 Å². The number of hydrogen-bond donors (Lipinski definition) is 4. The standard InChI is InChI=1S/C40H48F3N5O6S/c1-25(33-19-27(22-55-33)36(44)45)47-38(52)32-20-39(41,24-54-17-11-7-5-3-4-6-8-14-35(50)53-2)23-48(32)34(49)21-46-37(51)26-15-16-31-29(18-26)28-12-9-10-13-30(28)40(31,42)43/h9-10,12-13,15-16,18-19,22,25,32H,3-8,11,14,17,20-21,23-24H2,1-2H3,(H3,44,45)(H,46,51)(H,47,52)/t25-,32+,39-/m1/s1. The van der Waals surface area contributed by atoms with Gasteiger partial charge in [-0.3, -0.25) is 24.6 Å². The molecule has 55 heavy (non-hydrogen) atoms. The molecule has 1 aromatic heterocycles. The van der Waals surface area contributed by atoms with E-state index in [-0.39, 0.29) is 47.1 Å². The lowest BCUT2D eigenvalue weighted by atomic mass is 10.0. The van der Waals surface area contributed by atoms with Crippen LogP contribution in [0.4, 0.5) is 13.2 Å². The number of methoxy groups -OCH3 is 1. The molecule has 5 N–H and O–H groups in total. The van der Waals surface area contributed by atoms with Crippen LogP contribution in [0.15, 0.2) is 53.9 Å². The van der Waals surface area contributed by atoms with Gasteiger partial charge in [-0.2, -0.15) is 8.78 Å². The van der Waals surface area contributed by atoms with Crippen molar-refractivity contribution in [3.05, 3.63) is 81.0 Å². The van der Waals surface area contributed by atoms with E-state index in [1.54, 1.807) is 30.5 Å². The first-order chi connectivity index (χ1) is 26.2. The number of esters is 1. The largest absolute Gasteiger partial charge is 0.469 e. The van der Waals surface area contributed by atoms with E-state index in [1.807, 2.05) is 0 Å². The van der Waals surface area contributed by atoms with Crippen LogP contribution in [-0.2, 0) is 29.8 Å². The predicted octanol–water partition coefficient (Wildman–Crippen LogP) is 6.38. The molecule has 1 saturated heterocycles. The Morgan fingerprint density at radius 1 is 0.964 bits per heavy atom. The number of alkyl halides is 3. The molecule has 3 amide bonds. The Morgan fingerprint density at radius 2 is 1.65 bits per heavy atom. The van der Waals surface area contributed by atoms with Gasteiger partial charge in [-0.1, -0.05) is 62.4 Å². The molecule has 2 aliphatic rings. The van der Waals surface area contributed by atoms with Crippen molar-refractivity contribution in [2.45, 2.75) is 88.4 Å². The third-order valence-corrected chi connectivity index (χ3v) is 11.2. The number of thiophene rings is 1. The summed E-state index contributed by atoms with van der Waals surface area (Å²) in [6.45, 7) is 0.713. The van der Waals surface area contributed by atoms with Crippen molar-refractivity contribution in [2.24, 2.45) is 5.73 Å². The number of nitrogens with zero attached hydrogens (tertiary/aromatic N) is 1. The Kier molecular flexibility index (Phi) is 13.7. The van der Waals surface area contributed by atoms with E-state index < -0.39 is 54.5 Å². The van der Waals surface area contributed by atoms with E-state index in [1.165, 1.54) is 48.8 Å². The summed E-state index contributed by atoms with van der Waals surface area (Å²) in [5, 5.41) is 14.7. The molecule has 0 bridgehead atoms. The SMILES string of the molecule is COC(=O)CCCCCCCCCOC[C@@]1(F)C[C@@H](C(=O)N[C@H](C)c2cc(C(=N)N)cs2)N(C(=O)CNC(=O)c2ccc3c(c2)-c2ccccc2C3(F)F)C1. The van der Waals surface area contributed by atoms with Crippen molar-refractivity contribution in [2.75, 3.05) is 33.4 Å². The molecule has 11 nitrogen and oxygen atoms in total. The first-order valence-electron chi connectivity index (χ1n) is 18.5. The number of halogens is 3. The zero-order chi connectivity index (χ0) is 39.8. The summed E-state index contributed by atoms with van der Waals surface area (Å²) in [6.07, 6.45) is 6.42. The molecule has 15 heteroatoms. The number of amides is 3. The van der Waals surface area contributed by atoms with E-state index in [9.17, 15) is 19.2 Å². The third kappa shape index (κ3) is 10.1. The number of carbonyl (C=O) groups is 4. The lowest BCUT2D eigenvalue weighted by Gasteiger charge is -2.25. The fourth-order valence-electron chi connectivity index (χ4n) is 7.03. The van der Waals surface area contributed by atoms with Gasteiger partial charge in [-0.25, -0.2) is 4.39 Å². The van der Waals surface area contributed by atoms with Crippen molar-refractivity contribution in [1.82, 2.24) is 15.5 Å². The number of nitrogens with two attached hydrogens (primary N) is 1. The summed E-state index contributed by atoms with van der Waals surface area (Å²) in [5.41, 5.74) is 4.30. The lowest BCUT2D eigenvalue weighted by molar-refractivity contribution is -0.140. The van der Waals surface area contributed by atoms with Crippen LogP contribution in [0.2, 0.25) is 0 Å². The summed E-state index contributed by atoms with van der Waals surface area (Å²) >= 11 is 1.30. The quantitative estimate of drug-likeness (QED) is 0.0475. The Labute approximate surface area is 322 Å². The maximum Gasteiger partial charge on any atom is 0.305 e. The van der Waals surface area contributed by atoms with Gasteiger partial charge >= 0.3 is 5.97 Å². The number of hydrogen-bond acceptors (Lipinski definition) is 8. The average molecular weight is 784 g/mol. The van der Waals surface area contributed by atoms with Gasteiger partial charge in [0, 0.05) is 52.0 Å². The van der Waals surface area contributed by atoms with Gasteiger partial charge in [0.1, 0.15) is 11.9 Å². The number of benzene rings is 2. The van der Waals surface area contributed by atoms with Gasteiger partial charge in [0.15, 0.2) is 5.67 Å². The Bertz CT molecular complexity index is 1890. The molecular formula is C40H48F3N5O6S. The van der Waals surface area contributed by atoms with E-state index >= 15 is 13.2 Å². The summed E-state index contributed by atoms with van der Waals surface area (Å²) in [7, 11) is 1.38. The van der Waals surface area contributed by atoms with Crippen molar-refractivity contribution < 1.29 is 41.8 Å². The fraction of sp³-hybridized carbons (Fsp3) is 0.475. The summed E-state index contributed by atoms with van der Waals surface area (Å²) in [5.74, 6) is -5.50. The number of nitrogens with one attached hydrogen (secondary N) is 3. The molecule has 1 fully saturated rings. The number of nitrogen functional groups attached to an aromatic ring is 1. The van der Waals surface area contributed by atoms with E-state index in [0.29, 0.717) is 35.5 Å². The summed E-state index contributed by atoms with van der Waals surface area (Å²) in [6, 6.07) is 9.86. The van der Waals surface area contributed by atoms with Gasteiger partial charge in [0.2, 0.25) is 11.8 Å². The van der Waals surface area contributed by atoms with Crippen molar-refractivity contribution in [3.63, 3.8) is 0 Å². The van der Waals surface area contributed by atoms with Crippen LogP contribution in [0.5, 0.6) is 0 Å². The highest BCUT2D eigenvalue weighted by Gasteiger charge is 2.50. The van der Waals surface area contributed by atoms with Crippen LogP contribution >= 0.6 is 11.3 Å². The molecule has 1 aliphatic heterocycles. The van der Waals surface area contributed by atoms with Crippen LogP contribution in [0.3, 0.4) is 0 Å². The second kappa shape index (κ2) is 18.2. The van der Waals surface area contributed by atoms with Crippen LogP contribution in [0.1, 0.15) is 103 Å². The maximum atomic E-state index is 16.4. The lowest BCUT2D eigenvalue weighted by Crippen LogP contribution is -2.49. The fourth-order valence-corrected chi connectivity index (χ4v) is 7.95. The Morgan fingerprint density at radius 3 is 2.36 bits per heavy atom. The smallest absolute Gasteiger partial charge is 0.305 e. The molecule has 3 atom stereocenters. The molecule has 0 radical (unpaired) electrons. The number of unbranched alkanes of at least 4 members (excludes halogenated alkanes) is 6. The molecule has 1 aliphatic carbocycles. The normalized spacial score (nSPS) is 18.6. The van der Waals surface area contributed by atoms with Crippen LogP contribution < -0.4 is 16.4 Å². The van der Waals surface area contributed by atoms with E-state index in [0.717, 1.165) is 43.4 Å². The van der Waals surface area contributed by atoms with Gasteiger partial charge in [0.05, 0.1) is 32.8 Å². The highest BCUT2D eigenvalue weighted by molar-refractivity contribution is 7.10. The average Bonchev–Trinajstić information content (AvgIpc) is 3.87. The Hall–Kier alpha value is -4.76. The molecule has 296 valence electrons. The summed E-state index contributed by atoms with van der Waals surface area (Å²) in [4.78, 5) is 53.5. The number of amidine groups is 1. The first-order valence-corrected chi connectivity index (χ1v) is 19.4. The highest BCUT2D eigenvalue weighted by atomic mass is 32.1. The number of fused-ring (bicyclic) bond motifs is 3. The minimum atomic E-state index is -3.21. The van der Waals surface area contributed by atoms with E-state index in [2.05, 4.69) is 15.4 Å². The Balaban J connectivity index is 1.18. The molecule has 0 unspecified atom stereocenters. The molecule has 5 rings (SSSR count). The third-order valence-electron chi connectivity index (χ3n) is 10.1. The minimum Gasteiger partial charge on any atom is -0.469 e. The second-order valence-electron chi connectivity index (χ2n) is 14.2.